The molecule has 0 radical (unpaired) electrons. The van der Waals surface area contributed by atoms with Crippen LogP contribution in [0.3, 0.4) is 0 Å². The summed E-state index contributed by atoms with van der Waals surface area (Å²) in [7, 11) is 0. The molecule has 1 atom stereocenters. The highest BCUT2D eigenvalue weighted by Gasteiger charge is 2.27. The van der Waals surface area contributed by atoms with Crippen LogP contribution < -0.4 is 15.0 Å². The predicted molar refractivity (Wildman–Crippen MR) is 92.3 cm³/mol. The third kappa shape index (κ3) is 3.51. The molecule has 1 aliphatic heterocycles. The highest BCUT2D eigenvalue weighted by atomic mass is 35.5. The molecular formula is C18H17ClN2O3. The first kappa shape index (κ1) is 16.3. The van der Waals surface area contributed by atoms with Crippen molar-refractivity contribution in [2.45, 2.75) is 13.0 Å². The normalized spacial score (nSPS) is 14.6. The highest BCUT2D eigenvalue weighted by molar-refractivity contribution is 6.31. The summed E-state index contributed by atoms with van der Waals surface area (Å²) in [5, 5.41) is 3.38. The molecule has 1 heterocycles. The second-order valence-electron chi connectivity index (χ2n) is 5.58. The molecule has 2 aromatic carbocycles. The molecule has 0 saturated carbocycles. The Bertz CT molecular complexity index is 764. The minimum Gasteiger partial charge on any atom is -0.482 e. The third-order valence-corrected chi connectivity index (χ3v) is 4.08. The maximum Gasteiger partial charge on any atom is 0.265 e. The smallest absolute Gasteiger partial charge is 0.265 e. The number of hydrogen-bond donors (Lipinski definition) is 1. The number of anilines is 1. The second kappa shape index (κ2) is 6.93. The van der Waals surface area contributed by atoms with E-state index in [-0.39, 0.29) is 31.0 Å². The Morgan fingerprint density at radius 3 is 2.79 bits per heavy atom. The van der Waals surface area contributed by atoms with Gasteiger partial charge in [0.2, 0.25) is 5.91 Å². The molecule has 6 heteroatoms. The lowest BCUT2D eigenvalue weighted by Gasteiger charge is -2.29. The van der Waals surface area contributed by atoms with Crippen molar-refractivity contribution in [2.24, 2.45) is 0 Å². The van der Waals surface area contributed by atoms with Gasteiger partial charge in [-0.25, -0.2) is 0 Å². The number of nitrogens with zero attached hydrogens (tertiary/aromatic N) is 1. The van der Waals surface area contributed by atoms with Gasteiger partial charge in [-0.1, -0.05) is 41.9 Å². The van der Waals surface area contributed by atoms with Gasteiger partial charge in [0.1, 0.15) is 12.3 Å². The SMILES string of the molecule is C[C@H](NC(=O)CN1C(=O)COc2ccc(Cl)cc21)c1ccccc1. The van der Waals surface area contributed by atoms with Gasteiger partial charge < -0.3 is 10.1 Å². The molecule has 2 aromatic rings. The molecule has 0 saturated heterocycles. The number of ether oxygens (including phenoxy) is 1. The van der Waals surface area contributed by atoms with Crippen molar-refractivity contribution < 1.29 is 14.3 Å². The summed E-state index contributed by atoms with van der Waals surface area (Å²) in [6.45, 7) is 1.74. The Labute approximate surface area is 145 Å². The minimum absolute atomic E-state index is 0.0767. The molecule has 24 heavy (non-hydrogen) atoms. The predicted octanol–water partition coefficient (Wildman–Crippen LogP) is 2.94. The molecule has 3 rings (SSSR count). The molecule has 124 valence electrons. The number of benzene rings is 2. The fraction of sp³-hybridized carbons (Fsp3) is 0.222. The highest BCUT2D eigenvalue weighted by Crippen LogP contribution is 2.34. The van der Waals surface area contributed by atoms with Crippen LogP contribution in [0.2, 0.25) is 5.02 Å². The van der Waals surface area contributed by atoms with Gasteiger partial charge in [-0.15, -0.1) is 0 Å². The topological polar surface area (TPSA) is 58.6 Å². The van der Waals surface area contributed by atoms with E-state index in [1.165, 1.54) is 4.90 Å². The zero-order chi connectivity index (χ0) is 17.1. The van der Waals surface area contributed by atoms with Crippen LogP contribution in [-0.2, 0) is 9.59 Å². The van der Waals surface area contributed by atoms with Crippen LogP contribution in [0.25, 0.3) is 0 Å². The third-order valence-electron chi connectivity index (χ3n) is 3.84. The van der Waals surface area contributed by atoms with Crippen molar-refractivity contribution in [3.63, 3.8) is 0 Å². The Kier molecular flexibility index (Phi) is 4.71. The van der Waals surface area contributed by atoms with Crippen LogP contribution in [0.1, 0.15) is 18.5 Å². The largest absolute Gasteiger partial charge is 0.482 e. The lowest BCUT2D eigenvalue weighted by molar-refractivity contribution is -0.125. The van der Waals surface area contributed by atoms with Crippen molar-refractivity contribution in [1.29, 1.82) is 0 Å². The molecular weight excluding hydrogens is 328 g/mol. The summed E-state index contributed by atoms with van der Waals surface area (Å²) in [5.74, 6) is 0.0303. The van der Waals surface area contributed by atoms with E-state index < -0.39 is 0 Å². The number of fused-ring (bicyclic) bond motifs is 1. The first-order valence-corrected chi connectivity index (χ1v) is 7.99. The molecule has 1 aliphatic rings. The van der Waals surface area contributed by atoms with Crippen molar-refractivity contribution in [3.05, 3.63) is 59.1 Å². The zero-order valence-electron chi connectivity index (χ0n) is 13.2. The monoisotopic (exact) mass is 344 g/mol. The molecule has 0 unspecified atom stereocenters. The van der Waals surface area contributed by atoms with E-state index in [0.717, 1.165) is 5.56 Å². The summed E-state index contributed by atoms with van der Waals surface area (Å²) < 4.78 is 5.37. The molecule has 0 fully saturated rings. The Hall–Kier alpha value is -2.53. The van der Waals surface area contributed by atoms with Gasteiger partial charge in [0, 0.05) is 5.02 Å². The van der Waals surface area contributed by atoms with Crippen LogP contribution in [-0.4, -0.2) is 25.0 Å². The fourth-order valence-corrected chi connectivity index (χ4v) is 2.77. The quantitative estimate of drug-likeness (QED) is 0.927. The van der Waals surface area contributed by atoms with E-state index in [2.05, 4.69) is 5.32 Å². The average Bonchev–Trinajstić information content (AvgIpc) is 2.58. The van der Waals surface area contributed by atoms with Gasteiger partial charge in [-0.3, -0.25) is 14.5 Å². The van der Waals surface area contributed by atoms with E-state index in [4.69, 9.17) is 16.3 Å². The van der Waals surface area contributed by atoms with Gasteiger partial charge in [0.15, 0.2) is 6.61 Å². The van der Waals surface area contributed by atoms with Crippen LogP contribution >= 0.6 is 11.6 Å². The standard InChI is InChI=1S/C18H17ClN2O3/c1-12(13-5-3-2-4-6-13)20-17(22)10-21-15-9-14(19)7-8-16(15)24-11-18(21)23/h2-9,12H,10-11H2,1H3,(H,20,22)/t12-/m0/s1. The van der Waals surface area contributed by atoms with Crippen LogP contribution in [0, 0.1) is 0 Å². The molecule has 2 amide bonds. The summed E-state index contributed by atoms with van der Waals surface area (Å²) in [6, 6.07) is 14.5. The number of hydrogen-bond acceptors (Lipinski definition) is 3. The molecule has 1 N–H and O–H groups in total. The molecule has 0 aliphatic carbocycles. The summed E-state index contributed by atoms with van der Waals surface area (Å²) >= 11 is 6.00. The number of rotatable bonds is 4. The van der Waals surface area contributed by atoms with Gasteiger partial charge in [-0.2, -0.15) is 0 Å². The van der Waals surface area contributed by atoms with Crippen molar-refractivity contribution in [2.75, 3.05) is 18.1 Å². The average molecular weight is 345 g/mol. The van der Waals surface area contributed by atoms with Crippen LogP contribution in [0.15, 0.2) is 48.5 Å². The molecule has 0 aromatic heterocycles. The van der Waals surface area contributed by atoms with Crippen LogP contribution in [0.4, 0.5) is 5.69 Å². The first-order chi connectivity index (χ1) is 11.5. The van der Waals surface area contributed by atoms with Gasteiger partial charge in [-0.05, 0) is 30.7 Å². The van der Waals surface area contributed by atoms with E-state index in [9.17, 15) is 9.59 Å². The van der Waals surface area contributed by atoms with Gasteiger partial charge >= 0.3 is 0 Å². The first-order valence-electron chi connectivity index (χ1n) is 7.61. The van der Waals surface area contributed by atoms with E-state index in [1.807, 2.05) is 37.3 Å². The lowest BCUT2D eigenvalue weighted by atomic mass is 10.1. The fourth-order valence-electron chi connectivity index (χ4n) is 2.60. The number of carbonyl (C=O) groups excluding carboxylic acids is 2. The van der Waals surface area contributed by atoms with Crippen molar-refractivity contribution in [3.8, 4) is 5.75 Å². The lowest BCUT2D eigenvalue weighted by Crippen LogP contribution is -2.45. The van der Waals surface area contributed by atoms with E-state index in [1.54, 1.807) is 18.2 Å². The second-order valence-corrected chi connectivity index (χ2v) is 6.02. The Morgan fingerprint density at radius 2 is 2.04 bits per heavy atom. The number of carbonyl (C=O) groups is 2. The molecule has 5 nitrogen and oxygen atoms in total. The number of nitrogens with one attached hydrogen (secondary N) is 1. The minimum atomic E-state index is -0.271. The van der Waals surface area contributed by atoms with Gasteiger partial charge in [0.05, 0.1) is 11.7 Å². The van der Waals surface area contributed by atoms with E-state index in [0.29, 0.717) is 16.5 Å². The Morgan fingerprint density at radius 1 is 1.29 bits per heavy atom. The van der Waals surface area contributed by atoms with E-state index >= 15 is 0 Å². The van der Waals surface area contributed by atoms with Gasteiger partial charge in [0.25, 0.3) is 5.91 Å². The maximum absolute atomic E-state index is 12.4. The molecule has 0 bridgehead atoms. The maximum atomic E-state index is 12.4. The Balaban J connectivity index is 1.72. The molecule has 0 spiro atoms. The van der Waals surface area contributed by atoms with Crippen molar-refractivity contribution in [1.82, 2.24) is 5.32 Å². The summed E-state index contributed by atoms with van der Waals surface area (Å²) in [6.07, 6.45) is 0. The van der Waals surface area contributed by atoms with Crippen LogP contribution in [0.5, 0.6) is 5.75 Å². The number of amides is 2. The number of halogens is 1. The zero-order valence-corrected chi connectivity index (χ0v) is 13.9. The van der Waals surface area contributed by atoms with Crippen molar-refractivity contribution >= 4 is 29.1 Å². The summed E-state index contributed by atoms with van der Waals surface area (Å²) in [5.41, 5.74) is 1.52. The summed E-state index contributed by atoms with van der Waals surface area (Å²) in [4.78, 5) is 25.9.